The Balaban J connectivity index is 1.94. The van der Waals surface area contributed by atoms with Gasteiger partial charge in [-0.3, -0.25) is 4.79 Å². The molecule has 0 saturated carbocycles. The molecule has 0 aromatic heterocycles. The number of benzene rings is 2. The number of nitrogens with one attached hydrogen (secondary N) is 1. The normalized spacial score (nSPS) is 15.2. The fourth-order valence-corrected chi connectivity index (χ4v) is 2.65. The molecule has 0 spiro atoms. The molecule has 0 radical (unpaired) electrons. The molecule has 106 valence electrons. The summed E-state index contributed by atoms with van der Waals surface area (Å²) < 4.78 is 13.8. The largest absolute Gasteiger partial charge is 0.321 e. The highest BCUT2D eigenvalue weighted by atomic mass is 35.5. The summed E-state index contributed by atoms with van der Waals surface area (Å²) in [4.78, 5) is 12.0. The van der Waals surface area contributed by atoms with E-state index in [4.69, 9.17) is 23.2 Å². The van der Waals surface area contributed by atoms with Gasteiger partial charge < -0.3 is 5.32 Å². The molecule has 1 aliphatic heterocycles. The van der Waals surface area contributed by atoms with E-state index in [2.05, 4.69) is 5.32 Å². The van der Waals surface area contributed by atoms with Crippen LogP contribution in [0.4, 0.5) is 10.1 Å². The fourth-order valence-electron chi connectivity index (χ4n) is 2.29. The Morgan fingerprint density at radius 1 is 1.19 bits per heavy atom. The van der Waals surface area contributed by atoms with E-state index in [1.165, 1.54) is 6.07 Å². The average molecular weight is 322 g/mol. The molecule has 0 aliphatic carbocycles. The predicted molar refractivity (Wildman–Crippen MR) is 83.2 cm³/mol. The van der Waals surface area contributed by atoms with Crippen LogP contribution in [-0.4, -0.2) is 5.91 Å². The summed E-state index contributed by atoms with van der Waals surface area (Å²) in [7, 11) is 0. The molecule has 5 heteroatoms. The number of hydrogen-bond acceptors (Lipinski definition) is 1. The maximum atomic E-state index is 13.8. The van der Waals surface area contributed by atoms with Gasteiger partial charge in [0.1, 0.15) is 5.82 Å². The molecule has 2 nitrogen and oxygen atoms in total. The molecule has 1 aliphatic rings. The zero-order valence-electron chi connectivity index (χ0n) is 10.8. The van der Waals surface area contributed by atoms with Crippen LogP contribution in [0.3, 0.4) is 0 Å². The molecule has 0 atom stereocenters. The van der Waals surface area contributed by atoms with Gasteiger partial charge in [-0.05, 0) is 30.2 Å². The lowest BCUT2D eigenvalue weighted by atomic mass is 10.0. The minimum Gasteiger partial charge on any atom is -0.321 e. The smallest absolute Gasteiger partial charge is 0.256 e. The van der Waals surface area contributed by atoms with Crippen molar-refractivity contribution in [1.29, 1.82) is 0 Å². The predicted octanol–water partition coefficient (Wildman–Crippen LogP) is 4.71. The van der Waals surface area contributed by atoms with Crippen molar-refractivity contribution in [3.05, 3.63) is 69.5 Å². The quantitative estimate of drug-likeness (QED) is 0.797. The van der Waals surface area contributed by atoms with Gasteiger partial charge in [-0.2, -0.15) is 0 Å². The van der Waals surface area contributed by atoms with Gasteiger partial charge in [-0.15, -0.1) is 0 Å². The third-order valence-electron chi connectivity index (χ3n) is 3.32. The Hall–Kier alpha value is -1.84. The minimum atomic E-state index is -0.453. The number of amides is 1. The van der Waals surface area contributed by atoms with Gasteiger partial charge in [0.25, 0.3) is 5.91 Å². The van der Waals surface area contributed by atoms with E-state index in [-0.39, 0.29) is 17.4 Å². The summed E-state index contributed by atoms with van der Waals surface area (Å²) in [6, 6.07) is 10.0. The molecule has 1 N–H and O–H groups in total. The van der Waals surface area contributed by atoms with E-state index in [1.54, 1.807) is 36.4 Å². The number of allylic oxidation sites excluding steroid dienone is 1. The van der Waals surface area contributed by atoms with Crippen LogP contribution >= 0.6 is 23.2 Å². The first kappa shape index (κ1) is 14.1. The lowest BCUT2D eigenvalue weighted by molar-refractivity contribution is -0.110. The van der Waals surface area contributed by atoms with Gasteiger partial charge in [-0.1, -0.05) is 47.5 Å². The zero-order valence-corrected chi connectivity index (χ0v) is 12.3. The van der Waals surface area contributed by atoms with Crippen molar-refractivity contribution < 1.29 is 9.18 Å². The number of anilines is 1. The van der Waals surface area contributed by atoms with Crippen molar-refractivity contribution >= 4 is 40.4 Å². The van der Waals surface area contributed by atoms with E-state index >= 15 is 0 Å². The molecule has 2 aromatic carbocycles. The van der Waals surface area contributed by atoms with Crippen LogP contribution in [0.15, 0.2) is 42.5 Å². The van der Waals surface area contributed by atoms with Gasteiger partial charge >= 0.3 is 0 Å². The summed E-state index contributed by atoms with van der Waals surface area (Å²) in [5, 5.41) is 3.37. The third-order valence-corrected chi connectivity index (χ3v) is 3.85. The van der Waals surface area contributed by atoms with Crippen LogP contribution in [-0.2, 0) is 11.2 Å². The molecule has 0 fully saturated rings. The van der Waals surface area contributed by atoms with Gasteiger partial charge in [0.05, 0.1) is 10.7 Å². The van der Waals surface area contributed by atoms with Gasteiger partial charge in [0.15, 0.2) is 0 Å². The summed E-state index contributed by atoms with van der Waals surface area (Å²) in [6.07, 6.45) is 1.99. The monoisotopic (exact) mass is 321 g/mol. The highest BCUT2D eigenvalue weighted by Crippen LogP contribution is 2.34. The van der Waals surface area contributed by atoms with Crippen LogP contribution in [0.25, 0.3) is 5.57 Å². The zero-order chi connectivity index (χ0) is 15.0. The van der Waals surface area contributed by atoms with Crippen LogP contribution < -0.4 is 5.32 Å². The number of fused-ring (bicyclic) bond motifs is 1. The van der Waals surface area contributed by atoms with Crippen LogP contribution in [0, 0.1) is 5.82 Å². The number of rotatable bonds is 2. The topological polar surface area (TPSA) is 29.1 Å². The van der Waals surface area contributed by atoms with E-state index in [9.17, 15) is 9.18 Å². The van der Waals surface area contributed by atoms with Gasteiger partial charge in [-0.25, -0.2) is 4.39 Å². The molecule has 0 unspecified atom stereocenters. The molecule has 0 bridgehead atoms. The highest BCUT2D eigenvalue weighted by Gasteiger charge is 2.23. The minimum absolute atomic E-state index is 0.0777. The molecule has 2 aromatic rings. The molecular formula is C16H10Cl2FNO. The summed E-state index contributed by atoms with van der Waals surface area (Å²) in [5.74, 6) is -0.666. The van der Waals surface area contributed by atoms with Crippen molar-refractivity contribution in [2.45, 2.75) is 6.42 Å². The van der Waals surface area contributed by atoms with E-state index in [0.717, 1.165) is 5.56 Å². The van der Waals surface area contributed by atoms with Crippen LogP contribution in [0.2, 0.25) is 10.0 Å². The fraction of sp³-hybridized carbons (Fsp3) is 0.0625. The third kappa shape index (κ3) is 2.67. The van der Waals surface area contributed by atoms with E-state index in [0.29, 0.717) is 21.8 Å². The van der Waals surface area contributed by atoms with Crippen molar-refractivity contribution in [3.8, 4) is 0 Å². The second kappa shape index (κ2) is 5.51. The summed E-state index contributed by atoms with van der Waals surface area (Å²) in [6.45, 7) is 0. The Morgan fingerprint density at radius 2 is 2.00 bits per heavy atom. The Labute approximate surface area is 131 Å². The molecule has 1 heterocycles. The summed E-state index contributed by atoms with van der Waals surface area (Å²) >= 11 is 11.6. The number of hydrogen-bond donors (Lipinski definition) is 1. The molecule has 21 heavy (non-hydrogen) atoms. The molecule has 3 rings (SSSR count). The second-order valence-electron chi connectivity index (χ2n) is 4.68. The van der Waals surface area contributed by atoms with Crippen molar-refractivity contribution in [2.24, 2.45) is 0 Å². The van der Waals surface area contributed by atoms with Crippen molar-refractivity contribution in [3.63, 3.8) is 0 Å². The number of carbonyl (C=O) groups is 1. The average Bonchev–Trinajstić information content (AvgIpc) is 2.75. The maximum Gasteiger partial charge on any atom is 0.256 e. The lowest BCUT2D eigenvalue weighted by Crippen LogP contribution is -2.04. The van der Waals surface area contributed by atoms with Gasteiger partial charge in [0, 0.05) is 16.2 Å². The van der Waals surface area contributed by atoms with Crippen LogP contribution in [0.5, 0.6) is 0 Å². The lowest BCUT2D eigenvalue weighted by Gasteiger charge is -2.02. The van der Waals surface area contributed by atoms with E-state index in [1.807, 2.05) is 0 Å². The standard InChI is InChI=1S/C16H10Cl2FNO/c17-10-5-7-11-12(16(21)20-14(11)8-10)6-4-9-2-1-3-13(18)15(9)19/h1-3,5-8H,4H2,(H,20,21)/b12-6+. The second-order valence-corrected chi connectivity index (χ2v) is 5.52. The van der Waals surface area contributed by atoms with Crippen LogP contribution in [0.1, 0.15) is 11.1 Å². The van der Waals surface area contributed by atoms with E-state index < -0.39 is 5.82 Å². The molecular weight excluding hydrogens is 312 g/mol. The molecule has 0 saturated heterocycles. The Morgan fingerprint density at radius 3 is 2.81 bits per heavy atom. The first-order chi connectivity index (χ1) is 10.1. The highest BCUT2D eigenvalue weighted by molar-refractivity contribution is 6.34. The Kier molecular flexibility index (Phi) is 3.70. The number of halogens is 3. The van der Waals surface area contributed by atoms with Gasteiger partial charge in [0.2, 0.25) is 0 Å². The summed E-state index contributed by atoms with van der Waals surface area (Å²) in [5.41, 5.74) is 2.41. The van der Waals surface area contributed by atoms with Crippen molar-refractivity contribution in [2.75, 3.05) is 5.32 Å². The Bertz CT molecular complexity index is 771. The van der Waals surface area contributed by atoms with Crippen molar-refractivity contribution in [1.82, 2.24) is 0 Å². The first-order valence-corrected chi connectivity index (χ1v) is 7.06. The SMILES string of the molecule is O=C1Nc2cc(Cl)ccc2/C1=C\Cc1cccc(Cl)c1F. The number of carbonyl (C=O) groups excluding carboxylic acids is 1. The molecule has 1 amide bonds. The first-order valence-electron chi connectivity index (χ1n) is 6.30. The maximum absolute atomic E-state index is 13.8.